The van der Waals surface area contributed by atoms with Crippen LogP contribution in [0.15, 0.2) is 0 Å². The van der Waals surface area contributed by atoms with E-state index in [0.29, 0.717) is 6.54 Å². The Balaban J connectivity index is 0. The van der Waals surface area contributed by atoms with Gasteiger partial charge in [-0.1, -0.05) is 13.8 Å². The first-order chi connectivity index (χ1) is 8.33. The summed E-state index contributed by atoms with van der Waals surface area (Å²) < 4.78 is 0. The molecule has 0 aliphatic carbocycles. The van der Waals surface area contributed by atoms with Gasteiger partial charge in [0.05, 0.1) is 0 Å². The van der Waals surface area contributed by atoms with Crippen molar-refractivity contribution >= 4 is 0 Å². The summed E-state index contributed by atoms with van der Waals surface area (Å²) in [4.78, 5) is 6.55. The molecule has 1 N–H and O–H groups in total. The monoisotopic (exact) mass is 262 g/mol. The predicted octanol–water partition coefficient (Wildman–Crippen LogP) is 0.759. The molecule has 0 radical (unpaired) electrons. The molecule has 0 aromatic carbocycles. The Bertz CT molecular complexity index is 147. The number of likely N-dealkylation sites (N-methyl/N-ethyl adjacent to an activating group) is 4. The van der Waals surface area contributed by atoms with E-state index in [2.05, 4.69) is 37.9 Å². The predicted molar refractivity (Wildman–Crippen MR) is 79.3 cm³/mol. The molecule has 5 heteroatoms. The van der Waals surface area contributed by atoms with Gasteiger partial charge in [-0.05, 0) is 41.8 Å². The fraction of sp³-hybridized carbons (Fsp3) is 1.00. The van der Waals surface area contributed by atoms with Crippen LogP contribution in [-0.2, 0) is 0 Å². The van der Waals surface area contributed by atoms with Crippen LogP contribution < -0.4 is 0 Å². The summed E-state index contributed by atoms with van der Waals surface area (Å²) in [6.45, 7) is 9.91. The van der Waals surface area contributed by atoms with Gasteiger partial charge in [0.1, 0.15) is 0 Å². The Labute approximate surface area is 114 Å². The van der Waals surface area contributed by atoms with E-state index < -0.39 is 0 Å². The SMILES string of the molecule is CCN(C)CCN(C)C.CCN(O)CCN(C)C. The summed E-state index contributed by atoms with van der Waals surface area (Å²) in [5.74, 6) is 0. The summed E-state index contributed by atoms with van der Waals surface area (Å²) in [7, 11) is 10.3. The third-order valence-corrected chi connectivity index (χ3v) is 2.64. The van der Waals surface area contributed by atoms with E-state index in [9.17, 15) is 0 Å². The van der Waals surface area contributed by atoms with Crippen LogP contribution >= 0.6 is 0 Å². The number of hydrogen-bond donors (Lipinski definition) is 1. The first-order valence-corrected chi connectivity index (χ1v) is 6.75. The summed E-state index contributed by atoms with van der Waals surface area (Å²) >= 11 is 0. The molecule has 112 valence electrons. The summed E-state index contributed by atoms with van der Waals surface area (Å²) in [6.07, 6.45) is 0. The van der Waals surface area contributed by atoms with Crippen LogP contribution in [0.5, 0.6) is 0 Å². The van der Waals surface area contributed by atoms with Crippen LogP contribution in [0.2, 0.25) is 0 Å². The number of hydrogen-bond acceptors (Lipinski definition) is 5. The van der Waals surface area contributed by atoms with Gasteiger partial charge < -0.3 is 19.9 Å². The van der Waals surface area contributed by atoms with Gasteiger partial charge in [-0.3, -0.25) is 0 Å². The maximum absolute atomic E-state index is 8.91. The highest BCUT2D eigenvalue weighted by atomic mass is 16.5. The van der Waals surface area contributed by atoms with Crippen molar-refractivity contribution in [1.82, 2.24) is 19.8 Å². The van der Waals surface area contributed by atoms with Gasteiger partial charge in [-0.25, -0.2) is 0 Å². The van der Waals surface area contributed by atoms with Crippen molar-refractivity contribution in [2.45, 2.75) is 13.8 Å². The van der Waals surface area contributed by atoms with Gasteiger partial charge in [0.2, 0.25) is 0 Å². The smallest absolute Gasteiger partial charge is 0.0365 e. The van der Waals surface area contributed by atoms with Gasteiger partial charge in [0.15, 0.2) is 0 Å². The second-order valence-corrected chi connectivity index (χ2v) is 5.05. The zero-order valence-corrected chi connectivity index (χ0v) is 13.5. The molecule has 0 amide bonds. The molecule has 0 rings (SSSR count). The number of hydroxylamine groups is 2. The molecule has 0 atom stereocenters. The normalized spacial score (nSPS) is 11.3. The van der Waals surface area contributed by atoms with Crippen molar-refractivity contribution in [3.05, 3.63) is 0 Å². The quantitative estimate of drug-likeness (QED) is 0.653. The summed E-state index contributed by atoms with van der Waals surface area (Å²) in [6, 6.07) is 0. The molecule has 0 unspecified atom stereocenters. The Morgan fingerprint density at radius 1 is 0.667 bits per heavy atom. The van der Waals surface area contributed by atoms with Crippen LogP contribution in [0.25, 0.3) is 0 Å². The molecule has 0 aromatic heterocycles. The average molecular weight is 262 g/mol. The molecule has 5 nitrogen and oxygen atoms in total. The summed E-state index contributed by atoms with van der Waals surface area (Å²) in [5.41, 5.74) is 0. The fourth-order valence-corrected chi connectivity index (χ4v) is 1.00. The summed E-state index contributed by atoms with van der Waals surface area (Å²) in [5, 5.41) is 10.2. The lowest BCUT2D eigenvalue weighted by Crippen LogP contribution is -2.28. The van der Waals surface area contributed by atoms with Crippen LogP contribution in [-0.4, -0.2) is 99.5 Å². The van der Waals surface area contributed by atoms with E-state index in [0.717, 1.165) is 26.2 Å². The zero-order chi connectivity index (χ0) is 14.6. The highest BCUT2D eigenvalue weighted by molar-refractivity contribution is 4.49. The van der Waals surface area contributed by atoms with Crippen molar-refractivity contribution in [3.63, 3.8) is 0 Å². The van der Waals surface area contributed by atoms with E-state index in [1.165, 1.54) is 11.6 Å². The van der Waals surface area contributed by atoms with Crippen LogP contribution in [0, 0.1) is 0 Å². The van der Waals surface area contributed by atoms with E-state index >= 15 is 0 Å². The molecule has 18 heavy (non-hydrogen) atoms. The zero-order valence-electron chi connectivity index (χ0n) is 13.5. The largest absolute Gasteiger partial charge is 0.314 e. The van der Waals surface area contributed by atoms with Gasteiger partial charge in [-0.2, -0.15) is 5.06 Å². The second kappa shape index (κ2) is 13.2. The minimum atomic E-state index is 0.702. The van der Waals surface area contributed by atoms with Gasteiger partial charge in [-0.15, -0.1) is 0 Å². The van der Waals surface area contributed by atoms with Crippen molar-refractivity contribution in [2.24, 2.45) is 0 Å². The molecule has 0 aliphatic rings. The third-order valence-electron chi connectivity index (χ3n) is 2.64. The average Bonchev–Trinajstić information content (AvgIpc) is 2.33. The standard InChI is InChI=1S/C7H18N2.C6H16N2O/c1-5-9(4)7-6-8(2)3;1-4-8(9)6-5-7(2)3/h5-7H2,1-4H3;9H,4-6H2,1-3H3. The molecular formula is C13H34N4O. The van der Waals surface area contributed by atoms with Crippen molar-refractivity contribution in [2.75, 3.05) is 74.5 Å². The molecular weight excluding hydrogens is 228 g/mol. The second-order valence-electron chi connectivity index (χ2n) is 5.05. The van der Waals surface area contributed by atoms with Gasteiger partial charge in [0.25, 0.3) is 0 Å². The topological polar surface area (TPSA) is 33.2 Å². The maximum Gasteiger partial charge on any atom is 0.0365 e. The minimum absolute atomic E-state index is 0.702. The Morgan fingerprint density at radius 2 is 1.11 bits per heavy atom. The van der Waals surface area contributed by atoms with E-state index in [4.69, 9.17) is 5.21 Å². The maximum atomic E-state index is 8.91. The van der Waals surface area contributed by atoms with Crippen molar-refractivity contribution < 1.29 is 5.21 Å². The molecule has 0 fully saturated rings. The highest BCUT2D eigenvalue weighted by Gasteiger charge is 1.95. The Kier molecular flexibility index (Phi) is 14.8. The lowest BCUT2D eigenvalue weighted by Gasteiger charge is -2.16. The molecule has 0 spiro atoms. The van der Waals surface area contributed by atoms with Crippen molar-refractivity contribution in [1.29, 1.82) is 0 Å². The van der Waals surface area contributed by atoms with E-state index in [1.54, 1.807) is 0 Å². The fourth-order valence-electron chi connectivity index (χ4n) is 1.00. The molecule has 0 saturated carbocycles. The van der Waals surface area contributed by atoms with Gasteiger partial charge >= 0.3 is 0 Å². The van der Waals surface area contributed by atoms with Crippen molar-refractivity contribution in [3.8, 4) is 0 Å². The lowest BCUT2D eigenvalue weighted by molar-refractivity contribution is -0.0884. The number of nitrogens with zero attached hydrogens (tertiary/aromatic N) is 4. The first kappa shape index (κ1) is 20.1. The molecule has 0 heterocycles. The highest BCUT2D eigenvalue weighted by Crippen LogP contribution is 1.81. The Hall–Kier alpha value is -0.200. The molecule has 0 aromatic rings. The van der Waals surface area contributed by atoms with E-state index in [-0.39, 0.29) is 0 Å². The molecule has 0 saturated heterocycles. The van der Waals surface area contributed by atoms with Crippen LogP contribution in [0.3, 0.4) is 0 Å². The molecule has 0 aliphatic heterocycles. The minimum Gasteiger partial charge on any atom is -0.314 e. The van der Waals surface area contributed by atoms with Crippen LogP contribution in [0.4, 0.5) is 0 Å². The van der Waals surface area contributed by atoms with Crippen LogP contribution in [0.1, 0.15) is 13.8 Å². The van der Waals surface area contributed by atoms with E-state index in [1.807, 2.05) is 25.9 Å². The molecule has 0 bridgehead atoms. The third kappa shape index (κ3) is 18.2. The van der Waals surface area contributed by atoms with Gasteiger partial charge in [0, 0.05) is 32.7 Å². The first-order valence-electron chi connectivity index (χ1n) is 6.75. The number of rotatable bonds is 8. The Morgan fingerprint density at radius 3 is 1.44 bits per heavy atom. The lowest BCUT2D eigenvalue weighted by atomic mass is 10.5.